The van der Waals surface area contributed by atoms with Gasteiger partial charge in [0.1, 0.15) is 4.90 Å². The van der Waals surface area contributed by atoms with Crippen molar-refractivity contribution in [2.24, 2.45) is 0 Å². The molecule has 0 aliphatic heterocycles. The lowest BCUT2D eigenvalue weighted by Crippen LogP contribution is -2.14. The van der Waals surface area contributed by atoms with Gasteiger partial charge < -0.3 is 4.74 Å². The van der Waals surface area contributed by atoms with E-state index in [0.717, 1.165) is 5.39 Å². The Kier molecular flexibility index (Phi) is 3.64. The van der Waals surface area contributed by atoms with Gasteiger partial charge in [-0.25, -0.2) is 13.4 Å². The molecule has 0 aliphatic carbocycles. The Bertz CT molecular complexity index is 903. The number of hydrogen-bond acceptors (Lipinski definition) is 5. The van der Waals surface area contributed by atoms with Crippen molar-refractivity contribution in [3.63, 3.8) is 0 Å². The normalized spacial score (nSPS) is 11.3. The van der Waals surface area contributed by atoms with Gasteiger partial charge in [-0.2, -0.15) is 0 Å². The Morgan fingerprint density at radius 3 is 2.59 bits per heavy atom. The number of anilines is 1. The summed E-state index contributed by atoms with van der Waals surface area (Å²) in [5.41, 5.74) is 0.785. The zero-order valence-corrected chi connectivity index (χ0v) is 12.5. The molecule has 1 N–H and O–H groups in total. The molecule has 3 aromatic rings. The predicted molar refractivity (Wildman–Crippen MR) is 83.3 cm³/mol. The largest absolute Gasteiger partial charge is 0.481 e. The fraction of sp³-hybridized carbons (Fsp3) is 0.0667. The number of nitrogens with zero attached hydrogens (tertiary/aromatic N) is 2. The van der Waals surface area contributed by atoms with Crippen LogP contribution in [0.5, 0.6) is 5.88 Å². The first-order chi connectivity index (χ1) is 10.6. The predicted octanol–water partition coefficient (Wildman–Crippen LogP) is 2.44. The molecule has 6 nitrogen and oxygen atoms in total. The molecule has 0 unspecified atom stereocenters. The topological polar surface area (TPSA) is 81.2 Å². The number of ether oxygens (including phenoxy) is 1. The molecule has 0 radical (unpaired) electrons. The van der Waals surface area contributed by atoms with Crippen molar-refractivity contribution in [2.75, 3.05) is 11.8 Å². The molecule has 1 aromatic carbocycles. The van der Waals surface area contributed by atoms with Crippen LogP contribution < -0.4 is 9.46 Å². The first kappa shape index (κ1) is 14.3. The molecule has 0 saturated heterocycles. The molecular formula is C15H13N3O3S. The third-order valence-electron chi connectivity index (χ3n) is 3.08. The van der Waals surface area contributed by atoms with Crippen LogP contribution in [0.15, 0.2) is 59.8 Å². The summed E-state index contributed by atoms with van der Waals surface area (Å²) in [6, 6.07) is 11.8. The number of benzene rings is 1. The van der Waals surface area contributed by atoms with Crippen molar-refractivity contribution in [3.8, 4) is 5.88 Å². The number of fused-ring (bicyclic) bond motifs is 1. The second-order valence-electron chi connectivity index (χ2n) is 4.53. The van der Waals surface area contributed by atoms with Crippen LogP contribution in [0.4, 0.5) is 5.69 Å². The van der Waals surface area contributed by atoms with Gasteiger partial charge in [0.05, 0.1) is 24.5 Å². The van der Waals surface area contributed by atoms with Crippen LogP contribution in [0.2, 0.25) is 0 Å². The average molecular weight is 315 g/mol. The molecule has 7 heteroatoms. The summed E-state index contributed by atoms with van der Waals surface area (Å²) in [4.78, 5) is 8.26. The van der Waals surface area contributed by atoms with Crippen molar-refractivity contribution >= 4 is 26.6 Å². The van der Waals surface area contributed by atoms with Crippen LogP contribution >= 0.6 is 0 Å². The molecule has 0 spiro atoms. The maximum atomic E-state index is 12.6. The van der Waals surface area contributed by atoms with E-state index in [4.69, 9.17) is 4.74 Å². The number of methoxy groups -OCH3 is 1. The number of sulfonamides is 1. The molecule has 0 saturated carbocycles. The number of nitrogens with one attached hydrogen (secondary N) is 1. The molecule has 0 atom stereocenters. The lowest BCUT2D eigenvalue weighted by Gasteiger charge is -2.10. The summed E-state index contributed by atoms with van der Waals surface area (Å²) < 4.78 is 32.6. The van der Waals surface area contributed by atoms with E-state index in [1.807, 2.05) is 12.1 Å². The van der Waals surface area contributed by atoms with Crippen molar-refractivity contribution in [1.29, 1.82) is 0 Å². The quantitative estimate of drug-likeness (QED) is 0.799. The van der Waals surface area contributed by atoms with Gasteiger partial charge in [-0.3, -0.25) is 9.71 Å². The van der Waals surface area contributed by atoms with Crippen LogP contribution in [0.1, 0.15) is 0 Å². The SMILES string of the molecule is COc1ccc(NS(=O)(=O)c2cccc3cccnc23)cn1. The van der Waals surface area contributed by atoms with Gasteiger partial charge in [0.2, 0.25) is 5.88 Å². The zero-order chi connectivity index (χ0) is 15.6. The second kappa shape index (κ2) is 5.61. The number of pyridine rings is 2. The maximum absolute atomic E-state index is 12.6. The van der Waals surface area contributed by atoms with Gasteiger partial charge in [0, 0.05) is 17.6 Å². The Morgan fingerprint density at radius 1 is 1.05 bits per heavy atom. The Morgan fingerprint density at radius 2 is 1.86 bits per heavy atom. The Labute approximate surface area is 127 Å². The minimum absolute atomic E-state index is 0.126. The molecule has 22 heavy (non-hydrogen) atoms. The highest BCUT2D eigenvalue weighted by atomic mass is 32.2. The molecule has 0 amide bonds. The van der Waals surface area contributed by atoms with E-state index < -0.39 is 10.0 Å². The molecular weight excluding hydrogens is 302 g/mol. The highest BCUT2D eigenvalue weighted by molar-refractivity contribution is 7.93. The number of para-hydroxylation sites is 1. The van der Waals surface area contributed by atoms with Crippen LogP contribution in [-0.2, 0) is 10.0 Å². The Hall–Kier alpha value is -2.67. The second-order valence-corrected chi connectivity index (χ2v) is 6.18. The van der Waals surface area contributed by atoms with E-state index in [0.29, 0.717) is 17.1 Å². The molecule has 112 valence electrons. The standard InChI is InChI=1S/C15H13N3O3S/c1-21-14-8-7-12(10-17-14)18-22(19,20)13-6-2-4-11-5-3-9-16-15(11)13/h2-10,18H,1H3. The van der Waals surface area contributed by atoms with Crippen LogP contribution in [0, 0.1) is 0 Å². The molecule has 0 aliphatic rings. The third-order valence-corrected chi connectivity index (χ3v) is 4.50. The van der Waals surface area contributed by atoms with Crippen molar-refractivity contribution in [2.45, 2.75) is 4.90 Å². The number of hydrogen-bond donors (Lipinski definition) is 1. The van der Waals surface area contributed by atoms with E-state index in [2.05, 4.69) is 14.7 Å². The van der Waals surface area contributed by atoms with Gasteiger partial charge in [0.15, 0.2) is 0 Å². The first-order valence-electron chi connectivity index (χ1n) is 6.47. The van der Waals surface area contributed by atoms with Crippen LogP contribution in [0.3, 0.4) is 0 Å². The van der Waals surface area contributed by atoms with Gasteiger partial charge in [-0.15, -0.1) is 0 Å². The molecule has 2 heterocycles. The van der Waals surface area contributed by atoms with Gasteiger partial charge in [-0.05, 0) is 18.2 Å². The fourth-order valence-corrected chi connectivity index (χ4v) is 3.29. The van der Waals surface area contributed by atoms with Gasteiger partial charge in [-0.1, -0.05) is 18.2 Å². The minimum atomic E-state index is -3.75. The van der Waals surface area contributed by atoms with Crippen molar-refractivity contribution in [3.05, 3.63) is 54.9 Å². The van der Waals surface area contributed by atoms with Crippen LogP contribution in [-0.4, -0.2) is 25.5 Å². The van der Waals surface area contributed by atoms with E-state index in [1.165, 1.54) is 19.4 Å². The van der Waals surface area contributed by atoms with Crippen LogP contribution in [0.25, 0.3) is 10.9 Å². The summed E-state index contributed by atoms with van der Waals surface area (Å²) in [6.45, 7) is 0. The van der Waals surface area contributed by atoms with E-state index in [1.54, 1.807) is 30.5 Å². The summed E-state index contributed by atoms with van der Waals surface area (Å²) in [5, 5.41) is 0.762. The van der Waals surface area contributed by atoms with Crippen molar-refractivity contribution in [1.82, 2.24) is 9.97 Å². The van der Waals surface area contributed by atoms with Gasteiger partial charge in [0.25, 0.3) is 10.0 Å². The summed E-state index contributed by atoms with van der Waals surface area (Å²) in [7, 11) is -2.26. The molecule has 0 bridgehead atoms. The number of rotatable bonds is 4. The summed E-state index contributed by atoms with van der Waals surface area (Å²) >= 11 is 0. The number of aromatic nitrogens is 2. The van der Waals surface area contributed by atoms with Gasteiger partial charge >= 0.3 is 0 Å². The Balaban J connectivity index is 2.01. The lowest BCUT2D eigenvalue weighted by atomic mass is 10.2. The highest BCUT2D eigenvalue weighted by Gasteiger charge is 2.18. The molecule has 2 aromatic heterocycles. The average Bonchev–Trinajstić information content (AvgIpc) is 2.54. The zero-order valence-electron chi connectivity index (χ0n) is 11.7. The first-order valence-corrected chi connectivity index (χ1v) is 7.95. The monoisotopic (exact) mass is 315 g/mol. The highest BCUT2D eigenvalue weighted by Crippen LogP contribution is 2.23. The summed E-state index contributed by atoms with van der Waals surface area (Å²) in [5.74, 6) is 0.412. The van der Waals surface area contributed by atoms with E-state index in [-0.39, 0.29) is 4.90 Å². The summed E-state index contributed by atoms with van der Waals surface area (Å²) in [6.07, 6.45) is 2.96. The fourth-order valence-electron chi connectivity index (χ4n) is 2.06. The molecule has 0 fully saturated rings. The third kappa shape index (κ3) is 2.71. The minimum Gasteiger partial charge on any atom is -0.481 e. The maximum Gasteiger partial charge on any atom is 0.264 e. The smallest absolute Gasteiger partial charge is 0.264 e. The van der Waals surface area contributed by atoms with Crippen molar-refractivity contribution < 1.29 is 13.2 Å². The molecule has 3 rings (SSSR count). The lowest BCUT2D eigenvalue weighted by molar-refractivity contribution is 0.398. The van der Waals surface area contributed by atoms with E-state index in [9.17, 15) is 8.42 Å². The van der Waals surface area contributed by atoms with E-state index >= 15 is 0 Å².